The zero-order valence-electron chi connectivity index (χ0n) is 13.6. The third-order valence-electron chi connectivity index (χ3n) is 3.83. The Morgan fingerprint density at radius 3 is 2.57 bits per heavy atom. The van der Waals surface area contributed by atoms with Crippen molar-refractivity contribution in [1.82, 2.24) is 4.90 Å². The number of rotatable bonds is 4. The van der Waals surface area contributed by atoms with Crippen LogP contribution in [0.15, 0.2) is 24.3 Å². The highest BCUT2D eigenvalue weighted by molar-refractivity contribution is 5.94. The summed E-state index contributed by atoms with van der Waals surface area (Å²) in [5, 5.41) is 12.4. The maximum absolute atomic E-state index is 12.3. The van der Waals surface area contributed by atoms with Gasteiger partial charge >= 0.3 is 6.09 Å². The van der Waals surface area contributed by atoms with E-state index in [-0.39, 0.29) is 23.7 Å². The Morgan fingerprint density at radius 1 is 1.30 bits per heavy atom. The Morgan fingerprint density at radius 2 is 1.96 bits per heavy atom. The molecule has 0 spiro atoms. The minimum absolute atomic E-state index is 0.0514. The first-order valence-electron chi connectivity index (χ1n) is 7.98. The number of carbonyl (C=O) groups excluding carboxylic acids is 2. The Kier molecular flexibility index (Phi) is 5.84. The summed E-state index contributed by atoms with van der Waals surface area (Å²) < 4.78 is 5.20. The average molecular weight is 320 g/mol. The van der Waals surface area contributed by atoms with Crippen LogP contribution in [0, 0.1) is 11.8 Å². The first-order valence-corrected chi connectivity index (χ1v) is 7.98. The lowest BCUT2D eigenvalue weighted by Gasteiger charge is -2.30. The number of nitrogens with one attached hydrogen (secondary N) is 1. The van der Waals surface area contributed by atoms with Crippen molar-refractivity contribution in [3.05, 3.63) is 24.3 Å². The lowest BCUT2D eigenvalue weighted by molar-refractivity contribution is -0.121. The maximum Gasteiger partial charge on any atom is 0.409 e. The Hall–Kier alpha value is -2.24. The monoisotopic (exact) mass is 320 g/mol. The van der Waals surface area contributed by atoms with Crippen LogP contribution in [0.2, 0.25) is 0 Å². The highest BCUT2D eigenvalue weighted by Crippen LogP contribution is 2.25. The maximum atomic E-state index is 12.3. The van der Waals surface area contributed by atoms with E-state index in [0.29, 0.717) is 44.1 Å². The van der Waals surface area contributed by atoms with Gasteiger partial charge in [0.15, 0.2) is 0 Å². The van der Waals surface area contributed by atoms with E-state index in [4.69, 9.17) is 4.74 Å². The van der Waals surface area contributed by atoms with E-state index in [1.807, 2.05) is 13.8 Å². The summed E-state index contributed by atoms with van der Waals surface area (Å²) in [6.07, 6.45) is 0.880. The number of aromatic hydroxyl groups is 1. The second kappa shape index (κ2) is 7.85. The van der Waals surface area contributed by atoms with Gasteiger partial charge in [-0.1, -0.05) is 26.0 Å². The summed E-state index contributed by atoms with van der Waals surface area (Å²) in [5.41, 5.74) is 0.413. The first kappa shape index (κ1) is 17.1. The molecule has 0 saturated carbocycles. The standard InChI is InChI=1S/C17H24N2O4/c1-12(2)11-23-17(22)19-9-7-13(8-10-19)16(21)18-14-5-3-4-6-15(14)20/h3-6,12-13,20H,7-11H2,1-2H3,(H,18,21). The van der Waals surface area contributed by atoms with Crippen molar-refractivity contribution in [2.75, 3.05) is 25.0 Å². The van der Waals surface area contributed by atoms with Crippen LogP contribution in [-0.2, 0) is 9.53 Å². The van der Waals surface area contributed by atoms with Gasteiger partial charge in [-0.2, -0.15) is 0 Å². The van der Waals surface area contributed by atoms with Gasteiger partial charge in [0.1, 0.15) is 5.75 Å². The second-order valence-corrected chi connectivity index (χ2v) is 6.24. The average Bonchev–Trinajstić information content (AvgIpc) is 2.54. The summed E-state index contributed by atoms with van der Waals surface area (Å²) in [5.74, 6) is 0.0711. The molecule has 0 atom stereocenters. The molecule has 6 nitrogen and oxygen atoms in total. The Balaban J connectivity index is 1.81. The molecule has 2 rings (SSSR count). The summed E-state index contributed by atoms with van der Waals surface area (Å²) >= 11 is 0. The van der Waals surface area contributed by atoms with Crippen molar-refractivity contribution in [3.63, 3.8) is 0 Å². The van der Waals surface area contributed by atoms with Crippen molar-refractivity contribution in [2.24, 2.45) is 11.8 Å². The number of carbonyl (C=O) groups is 2. The van der Waals surface area contributed by atoms with Gasteiger partial charge in [0.2, 0.25) is 5.91 Å². The van der Waals surface area contributed by atoms with Gasteiger partial charge in [0, 0.05) is 19.0 Å². The number of para-hydroxylation sites is 2. The number of amides is 2. The molecule has 0 radical (unpaired) electrons. The highest BCUT2D eigenvalue weighted by Gasteiger charge is 2.28. The number of nitrogens with zero attached hydrogens (tertiary/aromatic N) is 1. The molecule has 1 aromatic rings. The van der Waals surface area contributed by atoms with Crippen molar-refractivity contribution < 1.29 is 19.4 Å². The molecule has 0 unspecified atom stereocenters. The van der Waals surface area contributed by atoms with Gasteiger partial charge in [0.05, 0.1) is 12.3 Å². The number of phenols is 1. The fraction of sp³-hybridized carbons (Fsp3) is 0.529. The zero-order valence-corrected chi connectivity index (χ0v) is 13.6. The first-order chi connectivity index (χ1) is 11.0. The van der Waals surface area contributed by atoms with Crippen LogP contribution in [0.25, 0.3) is 0 Å². The molecule has 2 N–H and O–H groups in total. The minimum atomic E-state index is -0.307. The van der Waals surface area contributed by atoms with E-state index in [1.165, 1.54) is 6.07 Å². The van der Waals surface area contributed by atoms with E-state index in [9.17, 15) is 14.7 Å². The van der Waals surface area contributed by atoms with Gasteiger partial charge in [-0.25, -0.2) is 4.79 Å². The van der Waals surface area contributed by atoms with Crippen LogP contribution in [0.5, 0.6) is 5.75 Å². The van der Waals surface area contributed by atoms with Crippen LogP contribution in [0.4, 0.5) is 10.5 Å². The largest absolute Gasteiger partial charge is 0.506 e. The molecule has 126 valence electrons. The fourth-order valence-corrected chi connectivity index (χ4v) is 2.47. The van der Waals surface area contributed by atoms with Gasteiger partial charge in [-0.15, -0.1) is 0 Å². The SMILES string of the molecule is CC(C)COC(=O)N1CCC(C(=O)Nc2ccccc2O)CC1. The van der Waals surface area contributed by atoms with Gasteiger partial charge in [-0.05, 0) is 30.9 Å². The molecule has 1 aromatic carbocycles. The van der Waals surface area contributed by atoms with Crippen molar-refractivity contribution in [3.8, 4) is 5.75 Å². The molecule has 0 bridgehead atoms. The number of likely N-dealkylation sites (tertiary alicyclic amines) is 1. The van der Waals surface area contributed by atoms with Gasteiger partial charge in [-0.3, -0.25) is 4.79 Å². The van der Waals surface area contributed by atoms with E-state index in [1.54, 1.807) is 23.1 Å². The van der Waals surface area contributed by atoms with E-state index in [2.05, 4.69) is 5.32 Å². The molecular formula is C17H24N2O4. The minimum Gasteiger partial charge on any atom is -0.506 e. The van der Waals surface area contributed by atoms with E-state index < -0.39 is 0 Å². The number of hydrogen-bond acceptors (Lipinski definition) is 4. The summed E-state index contributed by atoms with van der Waals surface area (Å²) in [6, 6.07) is 6.64. The summed E-state index contributed by atoms with van der Waals surface area (Å²) in [4.78, 5) is 25.8. The predicted molar refractivity (Wildman–Crippen MR) is 87.2 cm³/mol. The molecule has 0 aromatic heterocycles. The number of hydrogen-bond donors (Lipinski definition) is 2. The van der Waals surface area contributed by atoms with Crippen molar-refractivity contribution in [2.45, 2.75) is 26.7 Å². The lowest BCUT2D eigenvalue weighted by atomic mass is 9.96. The number of anilines is 1. The molecule has 23 heavy (non-hydrogen) atoms. The molecule has 2 amide bonds. The Labute approximate surface area is 136 Å². The molecule has 1 aliphatic rings. The molecule has 1 heterocycles. The van der Waals surface area contributed by atoms with Crippen molar-refractivity contribution >= 4 is 17.7 Å². The number of phenolic OH excluding ortho intramolecular Hbond substituents is 1. The molecule has 6 heteroatoms. The van der Waals surface area contributed by atoms with Crippen LogP contribution >= 0.6 is 0 Å². The van der Waals surface area contributed by atoms with Crippen LogP contribution in [-0.4, -0.2) is 41.7 Å². The number of ether oxygens (including phenoxy) is 1. The van der Waals surface area contributed by atoms with Crippen LogP contribution < -0.4 is 5.32 Å². The van der Waals surface area contributed by atoms with Crippen LogP contribution in [0.3, 0.4) is 0 Å². The fourth-order valence-electron chi connectivity index (χ4n) is 2.47. The molecule has 0 aliphatic carbocycles. The smallest absolute Gasteiger partial charge is 0.409 e. The van der Waals surface area contributed by atoms with Gasteiger partial charge in [0.25, 0.3) is 0 Å². The predicted octanol–water partition coefficient (Wildman–Crippen LogP) is 2.84. The normalized spacial score (nSPS) is 15.5. The van der Waals surface area contributed by atoms with Crippen molar-refractivity contribution in [1.29, 1.82) is 0 Å². The second-order valence-electron chi connectivity index (χ2n) is 6.24. The third kappa shape index (κ3) is 4.87. The number of benzene rings is 1. The van der Waals surface area contributed by atoms with Gasteiger partial charge < -0.3 is 20.1 Å². The molecule has 1 fully saturated rings. The molecular weight excluding hydrogens is 296 g/mol. The summed E-state index contributed by atoms with van der Waals surface area (Å²) in [7, 11) is 0. The topological polar surface area (TPSA) is 78.9 Å². The van der Waals surface area contributed by atoms with E-state index >= 15 is 0 Å². The quantitative estimate of drug-likeness (QED) is 0.836. The highest BCUT2D eigenvalue weighted by atomic mass is 16.6. The summed E-state index contributed by atoms with van der Waals surface area (Å²) in [6.45, 7) is 5.41. The molecule has 1 aliphatic heterocycles. The Bertz CT molecular complexity index is 551. The number of piperidine rings is 1. The third-order valence-corrected chi connectivity index (χ3v) is 3.83. The zero-order chi connectivity index (χ0) is 16.8. The van der Waals surface area contributed by atoms with Crippen LogP contribution in [0.1, 0.15) is 26.7 Å². The molecule has 1 saturated heterocycles. The lowest BCUT2D eigenvalue weighted by Crippen LogP contribution is -2.42. The van der Waals surface area contributed by atoms with E-state index in [0.717, 1.165) is 0 Å².